The molecule has 190 valence electrons. The van der Waals surface area contributed by atoms with Gasteiger partial charge >= 0.3 is 0 Å². The third-order valence-electron chi connectivity index (χ3n) is 5.59. The number of nitrogens with zero attached hydrogens (tertiary/aromatic N) is 1. The topological polar surface area (TPSA) is 58.6 Å². The van der Waals surface area contributed by atoms with E-state index in [0.717, 1.165) is 28.4 Å². The maximum absolute atomic E-state index is 13.6. The van der Waals surface area contributed by atoms with Crippen LogP contribution in [-0.2, 0) is 22.6 Å². The molecule has 2 amide bonds. The number of hydrogen-bond acceptors (Lipinski definition) is 3. The summed E-state index contributed by atoms with van der Waals surface area (Å²) in [6.45, 7) is 2.54. The maximum Gasteiger partial charge on any atom is 0.261 e. The highest BCUT2D eigenvalue weighted by Crippen LogP contribution is 2.28. The number of nitrogens with one attached hydrogen (secondary N) is 1. The Balaban J connectivity index is 1.89. The second-order valence-electron chi connectivity index (χ2n) is 8.37. The molecule has 3 aromatic carbocycles. The van der Waals surface area contributed by atoms with E-state index in [1.807, 2.05) is 42.5 Å². The second-order valence-corrected chi connectivity index (χ2v) is 10.1. The first-order chi connectivity index (χ1) is 17.4. The Kier molecular flexibility index (Phi) is 11.1. The Morgan fingerprint density at radius 3 is 2.44 bits per heavy atom. The summed E-state index contributed by atoms with van der Waals surface area (Å²) < 4.78 is 6.58. The lowest BCUT2D eigenvalue weighted by molar-refractivity contribution is -0.142. The van der Waals surface area contributed by atoms with E-state index in [-0.39, 0.29) is 25.0 Å². The summed E-state index contributed by atoms with van der Waals surface area (Å²) in [6, 6.07) is 21.4. The lowest BCUT2D eigenvalue weighted by atomic mass is 10.0. The predicted octanol–water partition coefficient (Wildman–Crippen LogP) is 6.69. The molecule has 0 unspecified atom stereocenters. The fraction of sp³-hybridized carbons (Fsp3) is 0.286. The van der Waals surface area contributed by atoms with E-state index >= 15 is 0 Å². The lowest BCUT2D eigenvalue weighted by Crippen LogP contribution is -2.51. The van der Waals surface area contributed by atoms with Crippen molar-refractivity contribution in [2.45, 2.75) is 38.8 Å². The van der Waals surface area contributed by atoms with Crippen molar-refractivity contribution < 1.29 is 14.3 Å². The van der Waals surface area contributed by atoms with Gasteiger partial charge in [0.1, 0.15) is 11.8 Å². The zero-order chi connectivity index (χ0) is 25.9. The fourth-order valence-electron chi connectivity index (χ4n) is 3.71. The molecule has 0 aliphatic carbocycles. The monoisotopic (exact) mass is 590 g/mol. The molecule has 0 saturated carbocycles. The normalized spacial score (nSPS) is 11.6. The third-order valence-corrected chi connectivity index (χ3v) is 6.61. The molecule has 5 nitrogen and oxygen atoms in total. The molecule has 0 radical (unpaired) electrons. The molecule has 0 spiro atoms. The average Bonchev–Trinajstić information content (AvgIpc) is 2.86. The van der Waals surface area contributed by atoms with Gasteiger partial charge in [-0.1, -0.05) is 94.9 Å². The van der Waals surface area contributed by atoms with Crippen LogP contribution in [0, 0.1) is 0 Å². The Morgan fingerprint density at radius 1 is 1.00 bits per heavy atom. The SMILES string of the molecule is CCCCNC(=O)[C@@H](Cc1ccccc1)N(Cc1cccc(Cl)c1)C(=O)COc1ccc(Br)cc1Cl. The largest absolute Gasteiger partial charge is 0.482 e. The number of halogens is 3. The predicted molar refractivity (Wildman–Crippen MR) is 149 cm³/mol. The number of carbonyl (C=O) groups excluding carboxylic acids is 2. The fourth-order valence-corrected chi connectivity index (χ4v) is 4.65. The Morgan fingerprint density at radius 2 is 1.75 bits per heavy atom. The van der Waals surface area contributed by atoms with Crippen LogP contribution < -0.4 is 10.1 Å². The van der Waals surface area contributed by atoms with Crippen LogP contribution >= 0.6 is 39.1 Å². The van der Waals surface area contributed by atoms with Crippen molar-refractivity contribution >= 4 is 50.9 Å². The minimum atomic E-state index is -0.736. The van der Waals surface area contributed by atoms with Gasteiger partial charge in [-0.05, 0) is 47.9 Å². The van der Waals surface area contributed by atoms with Gasteiger partial charge in [0.15, 0.2) is 6.61 Å². The number of hydrogen-bond donors (Lipinski definition) is 1. The zero-order valence-corrected chi connectivity index (χ0v) is 23.2. The highest BCUT2D eigenvalue weighted by atomic mass is 79.9. The van der Waals surface area contributed by atoms with E-state index in [9.17, 15) is 9.59 Å². The molecule has 0 bridgehead atoms. The van der Waals surface area contributed by atoms with Crippen LogP contribution in [0.2, 0.25) is 10.0 Å². The summed E-state index contributed by atoms with van der Waals surface area (Å²) in [6.07, 6.45) is 2.18. The van der Waals surface area contributed by atoms with Crippen LogP contribution in [0.3, 0.4) is 0 Å². The van der Waals surface area contributed by atoms with Crippen LogP contribution in [0.25, 0.3) is 0 Å². The van der Waals surface area contributed by atoms with Crippen LogP contribution in [-0.4, -0.2) is 35.9 Å². The highest BCUT2D eigenvalue weighted by Gasteiger charge is 2.30. The van der Waals surface area contributed by atoms with Crippen LogP contribution in [0.5, 0.6) is 5.75 Å². The highest BCUT2D eigenvalue weighted by molar-refractivity contribution is 9.10. The number of ether oxygens (including phenoxy) is 1. The molecule has 1 atom stereocenters. The Hall–Kier alpha value is -2.54. The van der Waals surface area contributed by atoms with Crippen molar-refractivity contribution in [1.29, 1.82) is 0 Å². The first kappa shape index (κ1) is 28.0. The van der Waals surface area contributed by atoms with Crippen molar-refractivity contribution in [2.75, 3.05) is 13.2 Å². The van der Waals surface area contributed by atoms with Crippen LogP contribution in [0.1, 0.15) is 30.9 Å². The summed E-state index contributed by atoms with van der Waals surface area (Å²) in [4.78, 5) is 28.5. The molecule has 0 aliphatic heterocycles. The van der Waals surface area contributed by atoms with Crippen molar-refractivity contribution in [2.24, 2.45) is 0 Å². The number of benzene rings is 3. The summed E-state index contributed by atoms with van der Waals surface area (Å²) >= 11 is 15.8. The standard InChI is InChI=1S/C28H29BrCl2N2O3/c1-2-3-14-32-28(35)25(16-20-8-5-4-6-9-20)33(18-21-10-7-11-23(30)15-21)27(34)19-36-26-13-12-22(29)17-24(26)31/h4-13,15,17,25H,2-3,14,16,18-19H2,1H3,(H,32,35)/t25-/m1/s1. The maximum atomic E-state index is 13.6. The smallest absolute Gasteiger partial charge is 0.261 e. The van der Waals surface area contributed by atoms with E-state index in [2.05, 4.69) is 28.2 Å². The Bertz CT molecular complexity index is 1160. The number of rotatable bonds is 12. The minimum Gasteiger partial charge on any atom is -0.482 e. The molecular formula is C28H29BrCl2N2O3. The molecule has 3 rings (SSSR count). The average molecular weight is 592 g/mol. The summed E-state index contributed by atoms with van der Waals surface area (Å²) in [7, 11) is 0. The number of amides is 2. The van der Waals surface area contributed by atoms with Gasteiger partial charge < -0.3 is 15.0 Å². The summed E-state index contributed by atoms with van der Waals surface area (Å²) in [5, 5.41) is 3.95. The molecule has 8 heteroatoms. The van der Waals surface area contributed by atoms with Crippen molar-refractivity contribution in [1.82, 2.24) is 10.2 Å². The molecule has 36 heavy (non-hydrogen) atoms. The minimum absolute atomic E-state index is 0.204. The van der Waals surface area contributed by atoms with E-state index in [1.54, 1.807) is 35.2 Å². The van der Waals surface area contributed by atoms with Gasteiger partial charge in [-0.15, -0.1) is 0 Å². The summed E-state index contributed by atoms with van der Waals surface area (Å²) in [5.74, 6) is -0.146. The van der Waals surface area contributed by atoms with Gasteiger partial charge in [0, 0.05) is 29.0 Å². The molecule has 0 fully saturated rings. The van der Waals surface area contributed by atoms with Gasteiger partial charge in [0.2, 0.25) is 5.91 Å². The first-order valence-corrected chi connectivity index (χ1v) is 13.4. The van der Waals surface area contributed by atoms with Crippen molar-refractivity contribution in [3.05, 3.63) is 98.4 Å². The van der Waals surface area contributed by atoms with E-state index < -0.39 is 6.04 Å². The Labute approximate surface area is 230 Å². The quantitative estimate of drug-likeness (QED) is 0.239. The van der Waals surface area contributed by atoms with Gasteiger partial charge in [0.05, 0.1) is 5.02 Å². The molecule has 0 aliphatic rings. The van der Waals surface area contributed by atoms with E-state index in [0.29, 0.717) is 28.8 Å². The molecule has 3 aromatic rings. The molecule has 0 saturated heterocycles. The van der Waals surface area contributed by atoms with Gasteiger partial charge in [0.25, 0.3) is 5.91 Å². The first-order valence-electron chi connectivity index (χ1n) is 11.8. The van der Waals surface area contributed by atoms with Gasteiger partial charge in [-0.3, -0.25) is 9.59 Å². The molecule has 0 aromatic heterocycles. The third kappa shape index (κ3) is 8.54. The van der Waals surface area contributed by atoms with Gasteiger partial charge in [-0.2, -0.15) is 0 Å². The molecular weight excluding hydrogens is 563 g/mol. The van der Waals surface area contributed by atoms with E-state index in [4.69, 9.17) is 27.9 Å². The van der Waals surface area contributed by atoms with Crippen molar-refractivity contribution in [3.63, 3.8) is 0 Å². The molecule has 0 heterocycles. The second kappa shape index (κ2) is 14.3. The zero-order valence-electron chi connectivity index (χ0n) is 20.1. The van der Waals surface area contributed by atoms with E-state index in [1.165, 1.54) is 0 Å². The number of unbranched alkanes of at least 4 members (excludes halogenated alkanes) is 1. The van der Waals surface area contributed by atoms with Crippen LogP contribution in [0.15, 0.2) is 77.3 Å². The van der Waals surface area contributed by atoms with Crippen LogP contribution in [0.4, 0.5) is 0 Å². The molecule has 1 N–H and O–H groups in total. The summed E-state index contributed by atoms with van der Waals surface area (Å²) in [5.41, 5.74) is 1.77. The number of carbonyl (C=O) groups is 2. The van der Waals surface area contributed by atoms with Gasteiger partial charge in [-0.25, -0.2) is 0 Å². The van der Waals surface area contributed by atoms with Crippen molar-refractivity contribution in [3.8, 4) is 5.75 Å². The lowest BCUT2D eigenvalue weighted by Gasteiger charge is -2.31.